The molecule has 0 fully saturated rings. The van der Waals surface area contributed by atoms with E-state index in [1.807, 2.05) is 7.05 Å². The molecule has 1 nitrogen and oxygen atoms in total. The second-order valence-electron chi connectivity index (χ2n) is 5.59. The maximum Gasteiger partial charge on any atom is 0.159 e. The van der Waals surface area contributed by atoms with Crippen molar-refractivity contribution in [3.63, 3.8) is 0 Å². The smallest absolute Gasteiger partial charge is 0.159 e. The Morgan fingerprint density at radius 1 is 1.15 bits per heavy atom. The normalized spacial score (nSPS) is 14.2. The first kappa shape index (κ1) is 17.1. The summed E-state index contributed by atoms with van der Waals surface area (Å²) in [6.07, 6.45) is 6.76. The summed E-state index contributed by atoms with van der Waals surface area (Å²) in [6.45, 7) is 4.44. The Balaban J connectivity index is 2.58. The van der Waals surface area contributed by atoms with Crippen molar-refractivity contribution in [1.82, 2.24) is 5.32 Å². The Hall–Kier alpha value is -0.960. The van der Waals surface area contributed by atoms with Crippen LogP contribution < -0.4 is 5.32 Å². The van der Waals surface area contributed by atoms with Gasteiger partial charge in [0, 0.05) is 6.04 Å². The lowest BCUT2D eigenvalue weighted by Crippen LogP contribution is -2.30. The van der Waals surface area contributed by atoms with Crippen LogP contribution in [0.5, 0.6) is 0 Å². The van der Waals surface area contributed by atoms with Crippen LogP contribution in [0.1, 0.15) is 51.5 Å². The quantitative estimate of drug-likeness (QED) is 0.692. The van der Waals surface area contributed by atoms with E-state index in [0.29, 0.717) is 12.0 Å². The van der Waals surface area contributed by atoms with Crippen molar-refractivity contribution >= 4 is 0 Å². The molecule has 0 aliphatic carbocycles. The molecule has 0 amide bonds. The standard InChI is InChI=1S/C17H27F2N/c1-4-6-7-13(5-2)10-15(20-3)11-14-8-9-16(18)17(19)12-14/h8-9,12-13,15,20H,4-7,10-11H2,1-3H3. The number of halogens is 2. The van der Waals surface area contributed by atoms with Gasteiger partial charge >= 0.3 is 0 Å². The number of benzene rings is 1. The van der Waals surface area contributed by atoms with Gasteiger partial charge in [0.2, 0.25) is 0 Å². The van der Waals surface area contributed by atoms with Gasteiger partial charge in [0.1, 0.15) is 0 Å². The van der Waals surface area contributed by atoms with Gasteiger partial charge < -0.3 is 5.32 Å². The van der Waals surface area contributed by atoms with Crippen LogP contribution in [0, 0.1) is 17.6 Å². The van der Waals surface area contributed by atoms with E-state index in [2.05, 4.69) is 19.2 Å². The van der Waals surface area contributed by atoms with Crippen molar-refractivity contribution < 1.29 is 8.78 Å². The summed E-state index contributed by atoms with van der Waals surface area (Å²) in [5.74, 6) is -0.822. The Kier molecular flexibility index (Phi) is 7.75. The lowest BCUT2D eigenvalue weighted by molar-refractivity contribution is 0.358. The molecule has 1 N–H and O–H groups in total. The molecule has 2 atom stereocenters. The average molecular weight is 283 g/mol. The van der Waals surface area contributed by atoms with Crippen LogP contribution in [0.25, 0.3) is 0 Å². The van der Waals surface area contributed by atoms with E-state index in [0.717, 1.165) is 18.4 Å². The van der Waals surface area contributed by atoms with Gasteiger partial charge in [-0.3, -0.25) is 0 Å². The van der Waals surface area contributed by atoms with E-state index in [-0.39, 0.29) is 0 Å². The van der Waals surface area contributed by atoms with E-state index in [1.54, 1.807) is 6.07 Å². The number of hydrogen-bond donors (Lipinski definition) is 1. The van der Waals surface area contributed by atoms with Crippen LogP contribution in [-0.4, -0.2) is 13.1 Å². The van der Waals surface area contributed by atoms with Crippen LogP contribution in [-0.2, 0) is 6.42 Å². The van der Waals surface area contributed by atoms with Gasteiger partial charge in [-0.05, 0) is 43.5 Å². The first-order valence-electron chi connectivity index (χ1n) is 7.71. The molecule has 1 aromatic carbocycles. The van der Waals surface area contributed by atoms with E-state index in [1.165, 1.54) is 37.8 Å². The van der Waals surface area contributed by atoms with Gasteiger partial charge in [-0.2, -0.15) is 0 Å². The minimum Gasteiger partial charge on any atom is -0.317 e. The summed E-state index contributed by atoms with van der Waals surface area (Å²) >= 11 is 0. The first-order valence-corrected chi connectivity index (χ1v) is 7.71. The molecule has 20 heavy (non-hydrogen) atoms. The molecule has 0 radical (unpaired) electrons. The molecule has 2 unspecified atom stereocenters. The van der Waals surface area contributed by atoms with Crippen molar-refractivity contribution in [1.29, 1.82) is 0 Å². The maximum atomic E-state index is 13.2. The van der Waals surface area contributed by atoms with Crippen LogP contribution in [0.2, 0.25) is 0 Å². The highest BCUT2D eigenvalue weighted by atomic mass is 19.2. The van der Waals surface area contributed by atoms with Crippen molar-refractivity contribution in [3.8, 4) is 0 Å². The van der Waals surface area contributed by atoms with E-state index >= 15 is 0 Å². The second kappa shape index (κ2) is 9.06. The maximum absolute atomic E-state index is 13.2. The molecule has 0 spiro atoms. The molecule has 0 bridgehead atoms. The highest BCUT2D eigenvalue weighted by Crippen LogP contribution is 2.20. The van der Waals surface area contributed by atoms with Crippen molar-refractivity contribution in [2.45, 2.75) is 58.4 Å². The van der Waals surface area contributed by atoms with Crippen LogP contribution >= 0.6 is 0 Å². The van der Waals surface area contributed by atoms with Gasteiger partial charge in [-0.15, -0.1) is 0 Å². The van der Waals surface area contributed by atoms with E-state index in [9.17, 15) is 8.78 Å². The van der Waals surface area contributed by atoms with Crippen LogP contribution in [0.3, 0.4) is 0 Å². The average Bonchev–Trinajstić information content (AvgIpc) is 2.46. The number of likely N-dealkylation sites (N-methyl/N-ethyl adjacent to an activating group) is 1. The summed E-state index contributed by atoms with van der Waals surface area (Å²) in [6, 6.07) is 4.52. The molecule has 0 saturated carbocycles. The van der Waals surface area contributed by atoms with E-state index in [4.69, 9.17) is 0 Å². The third kappa shape index (κ3) is 5.58. The minimum absolute atomic E-state index is 0.321. The van der Waals surface area contributed by atoms with Gasteiger partial charge in [0.05, 0.1) is 0 Å². The molecule has 1 aromatic rings. The summed E-state index contributed by atoms with van der Waals surface area (Å²) in [4.78, 5) is 0. The Morgan fingerprint density at radius 2 is 1.90 bits per heavy atom. The predicted octanol–water partition coefficient (Wildman–Crippen LogP) is 4.70. The number of hydrogen-bond acceptors (Lipinski definition) is 1. The zero-order valence-corrected chi connectivity index (χ0v) is 12.9. The topological polar surface area (TPSA) is 12.0 Å². The molecule has 0 aromatic heterocycles. The molecule has 0 heterocycles. The van der Waals surface area contributed by atoms with Crippen molar-refractivity contribution in [2.75, 3.05) is 7.05 Å². The fourth-order valence-electron chi connectivity index (χ4n) is 2.64. The number of unbranched alkanes of at least 4 members (excludes halogenated alkanes) is 1. The third-order valence-electron chi connectivity index (χ3n) is 4.04. The van der Waals surface area contributed by atoms with Crippen LogP contribution in [0.4, 0.5) is 8.78 Å². The fraction of sp³-hybridized carbons (Fsp3) is 0.647. The molecular formula is C17H27F2N. The molecule has 0 aliphatic rings. The molecule has 1 rings (SSSR count). The summed E-state index contributed by atoms with van der Waals surface area (Å²) in [7, 11) is 1.94. The molecule has 0 aliphatic heterocycles. The highest BCUT2D eigenvalue weighted by molar-refractivity contribution is 5.18. The molecule has 3 heteroatoms. The van der Waals surface area contributed by atoms with Crippen molar-refractivity contribution in [3.05, 3.63) is 35.4 Å². The first-order chi connectivity index (χ1) is 9.60. The van der Waals surface area contributed by atoms with Crippen LogP contribution in [0.15, 0.2) is 18.2 Å². The van der Waals surface area contributed by atoms with E-state index < -0.39 is 11.6 Å². The largest absolute Gasteiger partial charge is 0.317 e. The highest BCUT2D eigenvalue weighted by Gasteiger charge is 2.15. The summed E-state index contributed by atoms with van der Waals surface area (Å²) in [5, 5.41) is 3.31. The minimum atomic E-state index is -0.774. The SMILES string of the molecule is CCCCC(CC)CC(Cc1ccc(F)c(F)c1)NC. The third-order valence-corrected chi connectivity index (χ3v) is 4.04. The monoisotopic (exact) mass is 283 g/mol. The number of rotatable bonds is 9. The lowest BCUT2D eigenvalue weighted by Gasteiger charge is -2.22. The second-order valence-corrected chi connectivity index (χ2v) is 5.59. The Morgan fingerprint density at radius 3 is 2.45 bits per heavy atom. The Bertz CT molecular complexity index is 393. The predicted molar refractivity (Wildman–Crippen MR) is 80.8 cm³/mol. The fourth-order valence-corrected chi connectivity index (χ4v) is 2.64. The summed E-state index contributed by atoms with van der Waals surface area (Å²) < 4.78 is 26.2. The zero-order valence-electron chi connectivity index (χ0n) is 12.9. The van der Waals surface area contributed by atoms with Gasteiger partial charge in [-0.1, -0.05) is 45.6 Å². The number of nitrogens with one attached hydrogen (secondary N) is 1. The van der Waals surface area contributed by atoms with Crippen molar-refractivity contribution in [2.24, 2.45) is 5.92 Å². The van der Waals surface area contributed by atoms with Gasteiger partial charge in [-0.25, -0.2) is 8.78 Å². The molecule has 114 valence electrons. The lowest BCUT2D eigenvalue weighted by atomic mass is 9.89. The zero-order chi connectivity index (χ0) is 15.0. The molecular weight excluding hydrogens is 256 g/mol. The summed E-state index contributed by atoms with van der Waals surface area (Å²) in [5.41, 5.74) is 0.855. The van der Waals surface area contributed by atoms with Gasteiger partial charge in [0.25, 0.3) is 0 Å². The Labute approximate surface area is 121 Å². The molecule has 0 saturated heterocycles. The van der Waals surface area contributed by atoms with Gasteiger partial charge in [0.15, 0.2) is 11.6 Å².